The lowest BCUT2D eigenvalue weighted by Gasteiger charge is -2.47. The van der Waals surface area contributed by atoms with Crippen LogP contribution >= 0.6 is 23.2 Å². The van der Waals surface area contributed by atoms with Crippen LogP contribution in [0.5, 0.6) is 0 Å². The predicted molar refractivity (Wildman–Crippen MR) is 148 cm³/mol. The molecule has 0 N–H and O–H groups in total. The quantitative estimate of drug-likeness (QED) is 0.342. The summed E-state index contributed by atoms with van der Waals surface area (Å²) in [7, 11) is 0. The molecule has 2 fully saturated rings. The molecule has 2 saturated heterocycles. The van der Waals surface area contributed by atoms with Gasteiger partial charge in [0.15, 0.2) is 11.0 Å². The van der Waals surface area contributed by atoms with Crippen molar-refractivity contribution < 1.29 is 18.0 Å². The average molecular weight is 594 g/mol. The summed E-state index contributed by atoms with van der Waals surface area (Å²) < 4.78 is 33.8. The van der Waals surface area contributed by atoms with Gasteiger partial charge in [-0.2, -0.15) is 0 Å². The van der Waals surface area contributed by atoms with Crippen LogP contribution in [0.15, 0.2) is 22.7 Å². The molecule has 9 nitrogen and oxygen atoms in total. The Hall–Kier alpha value is -2.89. The molecule has 13 heteroatoms. The lowest BCUT2D eigenvalue weighted by molar-refractivity contribution is 0.0487. The number of nitrogens with zero attached hydrogens (tertiary/aromatic N) is 7. The van der Waals surface area contributed by atoms with Gasteiger partial charge in [0.25, 0.3) is 11.8 Å². The second-order valence-corrected chi connectivity index (χ2v) is 10.9. The van der Waals surface area contributed by atoms with E-state index in [0.717, 1.165) is 57.5 Å². The van der Waals surface area contributed by atoms with E-state index in [4.69, 9.17) is 27.6 Å². The SMILES string of the molecule is CCCc1nnc(-c2cnc(N3CCN(C4CCN(C(=O)c5cc(F)c(Cl)cc5F)CC4)[C@@H](CC)C3)c(Cl)n2)o1. The minimum atomic E-state index is -0.811. The van der Waals surface area contributed by atoms with Gasteiger partial charge in [0.1, 0.15) is 17.3 Å². The fourth-order valence-corrected chi connectivity index (χ4v) is 5.92. The van der Waals surface area contributed by atoms with Gasteiger partial charge in [-0.05, 0) is 37.8 Å². The zero-order valence-electron chi connectivity index (χ0n) is 22.4. The van der Waals surface area contributed by atoms with E-state index >= 15 is 0 Å². The van der Waals surface area contributed by atoms with Crippen molar-refractivity contribution in [3.8, 4) is 11.6 Å². The smallest absolute Gasteiger partial charge is 0.267 e. The minimum absolute atomic E-state index is 0.258. The summed E-state index contributed by atoms with van der Waals surface area (Å²) in [5, 5.41) is 8.04. The molecule has 3 aromatic rings. The van der Waals surface area contributed by atoms with E-state index < -0.39 is 17.5 Å². The van der Waals surface area contributed by atoms with Crippen LogP contribution in [0.3, 0.4) is 0 Å². The van der Waals surface area contributed by atoms with Crippen LogP contribution in [0, 0.1) is 11.6 Å². The summed E-state index contributed by atoms with van der Waals surface area (Å²) >= 11 is 12.2. The third kappa shape index (κ3) is 5.91. The predicted octanol–water partition coefficient (Wildman–Crippen LogP) is 5.27. The van der Waals surface area contributed by atoms with Crippen LogP contribution in [-0.4, -0.2) is 80.7 Å². The lowest BCUT2D eigenvalue weighted by atomic mass is 9.97. The number of carbonyl (C=O) groups is 1. The van der Waals surface area contributed by atoms with E-state index in [9.17, 15) is 13.6 Å². The lowest BCUT2D eigenvalue weighted by Crippen LogP contribution is -2.58. The number of rotatable bonds is 7. The summed E-state index contributed by atoms with van der Waals surface area (Å²) in [6.07, 6.45) is 5.64. The normalized spacial score (nSPS) is 18.9. The number of hydrogen-bond donors (Lipinski definition) is 0. The molecular formula is C27H31Cl2F2N7O2. The van der Waals surface area contributed by atoms with E-state index in [0.29, 0.717) is 42.8 Å². The first-order valence-electron chi connectivity index (χ1n) is 13.6. The number of hydrogen-bond acceptors (Lipinski definition) is 8. The number of piperidine rings is 1. The highest BCUT2D eigenvalue weighted by molar-refractivity contribution is 6.31. The molecule has 2 aliphatic heterocycles. The first-order chi connectivity index (χ1) is 19.3. The maximum absolute atomic E-state index is 14.3. The zero-order valence-corrected chi connectivity index (χ0v) is 23.9. The van der Waals surface area contributed by atoms with Crippen LogP contribution in [0.2, 0.25) is 10.2 Å². The number of likely N-dealkylation sites (tertiary alicyclic amines) is 1. The highest BCUT2D eigenvalue weighted by Gasteiger charge is 2.35. The molecule has 0 saturated carbocycles. The molecule has 0 aliphatic carbocycles. The number of anilines is 1. The summed E-state index contributed by atoms with van der Waals surface area (Å²) in [6.45, 7) is 7.39. The Kier molecular flexibility index (Phi) is 8.82. The number of aromatic nitrogens is 4. The number of aryl methyl sites for hydroxylation is 1. The molecule has 0 spiro atoms. The largest absolute Gasteiger partial charge is 0.419 e. The van der Waals surface area contributed by atoms with Gasteiger partial charge in [-0.25, -0.2) is 18.7 Å². The number of carbonyl (C=O) groups excluding carboxylic acids is 1. The first-order valence-corrected chi connectivity index (χ1v) is 14.3. The van der Waals surface area contributed by atoms with Gasteiger partial charge >= 0.3 is 0 Å². The second-order valence-electron chi connectivity index (χ2n) is 10.1. The van der Waals surface area contributed by atoms with Gasteiger partial charge in [0.2, 0.25) is 5.89 Å². The van der Waals surface area contributed by atoms with E-state index in [1.165, 1.54) is 0 Å². The molecule has 2 aliphatic rings. The van der Waals surface area contributed by atoms with Crippen LogP contribution in [-0.2, 0) is 6.42 Å². The van der Waals surface area contributed by atoms with Crippen LogP contribution in [0.25, 0.3) is 11.6 Å². The van der Waals surface area contributed by atoms with Crippen molar-refractivity contribution >= 4 is 34.9 Å². The number of benzene rings is 1. The summed E-state index contributed by atoms with van der Waals surface area (Å²) in [5.74, 6) is -0.650. The molecule has 0 radical (unpaired) electrons. The van der Waals surface area contributed by atoms with Crippen molar-refractivity contribution in [2.45, 2.75) is 58.0 Å². The monoisotopic (exact) mass is 593 g/mol. The molecule has 4 heterocycles. The van der Waals surface area contributed by atoms with E-state index in [2.05, 4.69) is 36.9 Å². The molecule has 0 unspecified atom stereocenters. The number of piperazine rings is 1. The Morgan fingerprint density at radius 3 is 2.55 bits per heavy atom. The highest BCUT2D eigenvalue weighted by Crippen LogP contribution is 2.30. The molecule has 214 valence electrons. The topological polar surface area (TPSA) is 91.5 Å². The Morgan fingerprint density at radius 2 is 1.85 bits per heavy atom. The van der Waals surface area contributed by atoms with Crippen LogP contribution < -0.4 is 4.90 Å². The van der Waals surface area contributed by atoms with Crippen molar-refractivity contribution in [2.75, 3.05) is 37.6 Å². The summed E-state index contributed by atoms with van der Waals surface area (Å²) in [5.41, 5.74) is 0.154. The van der Waals surface area contributed by atoms with Crippen molar-refractivity contribution in [3.63, 3.8) is 0 Å². The number of amides is 1. The molecule has 2 aromatic heterocycles. The Morgan fingerprint density at radius 1 is 1.07 bits per heavy atom. The Balaban J connectivity index is 1.20. The van der Waals surface area contributed by atoms with E-state index in [-0.39, 0.29) is 27.8 Å². The van der Waals surface area contributed by atoms with Crippen molar-refractivity contribution in [1.82, 2.24) is 30.0 Å². The van der Waals surface area contributed by atoms with Gasteiger partial charge in [-0.1, -0.05) is 37.0 Å². The first kappa shape index (κ1) is 28.6. The van der Waals surface area contributed by atoms with Crippen molar-refractivity contribution in [2.24, 2.45) is 0 Å². The van der Waals surface area contributed by atoms with Crippen LogP contribution in [0.1, 0.15) is 55.8 Å². The molecule has 5 rings (SSSR count). The highest BCUT2D eigenvalue weighted by atomic mass is 35.5. The van der Waals surface area contributed by atoms with Crippen LogP contribution in [0.4, 0.5) is 14.6 Å². The molecular weight excluding hydrogens is 563 g/mol. The third-order valence-electron chi connectivity index (χ3n) is 7.62. The maximum atomic E-state index is 14.3. The van der Waals surface area contributed by atoms with Crippen molar-refractivity contribution in [3.05, 3.63) is 51.6 Å². The zero-order chi connectivity index (χ0) is 28.4. The molecule has 0 bridgehead atoms. The Bertz CT molecular complexity index is 1370. The maximum Gasteiger partial charge on any atom is 0.267 e. The molecule has 1 atom stereocenters. The summed E-state index contributed by atoms with van der Waals surface area (Å²) in [6, 6.07) is 2.27. The van der Waals surface area contributed by atoms with Crippen molar-refractivity contribution in [1.29, 1.82) is 0 Å². The van der Waals surface area contributed by atoms with E-state index in [1.54, 1.807) is 11.1 Å². The minimum Gasteiger partial charge on any atom is -0.419 e. The second kappa shape index (κ2) is 12.3. The fourth-order valence-electron chi connectivity index (χ4n) is 5.51. The van der Waals surface area contributed by atoms with Gasteiger partial charge < -0.3 is 14.2 Å². The third-order valence-corrected chi connectivity index (χ3v) is 8.17. The van der Waals surface area contributed by atoms with Gasteiger partial charge in [0.05, 0.1) is 16.8 Å². The summed E-state index contributed by atoms with van der Waals surface area (Å²) in [4.78, 5) is 28.2. The molecule has 40 heavy (non-hydrogen) atoms. The Labute approximate surface area is 241 Å². The average Bonchev–Trinajstić information content (AvgIpc) is 3.43. The fraction of sp³-hybridized carbons (Fsp3) is 0.519. The number of halogens is 4. The standard InChI is InChI=1S/C27H31Cl2F2N7O2/c1-3-5-23-34-35-26(40-23)22-14-32-25(24(29)33-22)37-10-11-38(16(4-2)15-37)17-6-8-36(9-7-17)27(39)18-12-21(31)19(28)13-20(18)30/h12-14,16-17H,3-11,15H2,1-2H3/t16-/m0/s1. The van der Waals surface area contributed by atoms with Gasteiger partial charge in [-0.15, -0.1) is 10.2 Å². The van der Waals surface area contributed by atoms with Gasteiger partial charge in [-0.3, -0.25) is 9.69 Å². The molecule has 1 aromatic carbocycles. The van der Waals surface area contributed by atoms with E-state index in [1.807, 2.05) is 6.92 Å². The van der Waals surface area contributed by atoms with Gasteiger partial charge in [0, 0.05) is 51.2 Å². The molecule has 1 amide bonds.